The summed E-state index contributed by atoms with van der Waals surface area (Å²) in [5.41, 5.74) is 1.77. The Kier molecular flexibility index (Phi) is 5.53. The highest BCUT2D eigenvalue weighted by atomic mass is 16.5. The number of fused-ring (bicyclic) bond motifs is 1. The molecule has 0 saturated carbocycles. The van der Waals surface area contributed by atoms with Gasteiger partial charge in [0.05, 0.1) is 33.4 Å². The van der Waals surface area contributed by atoms with E-state index in [9.17, 15) is 15.0 Å². The lowest BCUT2D eigenvalue weighted by atomic mass is 9.90. The Morgan fingerprint density at radius 1 is 1.11 bits per heavy atom. The lowest BCUT2D eigenvalue weighted by Crippen LogP contribution is -2.13. The van der Waals surface area contributed by atoms with Crippen molar-refractivity contribution in [1.82, 2.24) is 0 Å². The van der Waals surface area contributed by atoms with Crippen LogP contribution in [0, 0.1) is 0 Å². The second kappa shape index (κ2) is 7.85. The van der Waals surface area contributed by atoms with Crippen LogP contribution in [0.25, 0.3) is 0 Å². The number of ketones is 1. The van der Waals surface area contributed by atoms with Crippen molar-refractivity contribution in [2.24, 2.45) is 0 Å². The van der Waals surface area contributed by atoms with Gasteiger partial charge >= 0.3 is 0 Å². The molecule has 0 aliphatic carbocycles. The number of Topliss-reactive ketones (excluding diaryl/α,β-unsaturated/α-hetero) is 1. The number of rotatable bonds is 7. The molecule has 0 amide bonds. The fourth-order valence-corrected chi connectivity index (χ4v) is 3.32. The van der Waals surface area contributed by atoms with Gasteiger partial charge in [0.15, 0.2) is 28.8 Å². The summed E-state index contributed by atoms with van der Waals surface area (Å²) in [5, 5.41) is 28.8. The normalized spacial score (nSPS) is 17.9. The number of phenolic OH excluding ortho intramolecular Hbond substituents is 1. The van der Waals surface area contributed by atoms with Gasteiger partial charge in [-0.2, -0.15) is 0 Å². The smallest absolute Gasteiger partial charge is 0.165 e. The summed E-state index contributed by atoms with van der Waals surface area (Å²) in [6, 6.07) is 8.10. The molecule has 0 fully saturated rings. The molecule has 27 heavy (non-hydrogen) atoms. The number of hydrogen-bond donors (Lipinski definition) is 3. The Labute approximate surface area is 156 Å². The molecule has 2 atom stereocenters. The number of benzene rings is 2. The second-order valence-corrected chi connectivity index (χ2v) is 6.25. The van der Waals surface area contributed by atoms with E-state index in [1.807, 2.05) is 0 Å². The Hall–Kier alpha value is -2.77. The summed E-state index contributed by atoms with van der Waals surface area (Å²) in [6.07, 6.45) is -0.526. The third kappa shape index (κ3) is 3.43. The van der Waals surface area contributed by atoms with Crippen molar-refractivity contribution in [3.8, 4) is 23.0 Å². The van der Waals surface area contributed by atoms with Gasteiger partial charge < -0.3 is 29.5 Å². The molecule has 0 spiro atoms. The molecule has 7 heteroatoms. The van der Waals surface area contributed by atoms with E-state index in [0.29, 0.717) is 33.9 Å². The molecule has 0 unspecified atom stereocenters. The molecular weight excluding hydrogens is 352 g/mol. The number of carbonyl (C=O) groups excluding carboxylic acids is 1. The van der Waals surface area contributed by atoms with Crippen molar-refractivity contribution in [3.05, 3.63) is 47.0 Å². The Balaban J connectivity index is 2.05. The van der Waals surface area contributed by atoms with Gasteiger partial charge in [-0.3, -0.25) is 4.79 Å². The second-order valence-electron chi connectivity index (χ2n) is 6.25. The Morgan fingerprint density at radius 3 is 2.48 bits per heavy atom. The van der Waals surface area contributed by atoms with Gasteiger partial charge in [0.1, 0.15) is 6.10 Å². The number of aliphatic hydroxyl groups excluding tert-OH is 2. The predicted octanol–water partition coefficient (Wildman–Crippen LogP) is 2.18. The maximum atomic E-state index is 12.2. The maximum Gasteiger partial charge on any atom is 0.165 e. The van der Waals surface area contributed by atoms with Crippen molar-refractivity contribution in [2.45, 2.75) is 18.4 Å². The molecule has 1 aliphatic rings. The van der Waals surface area contributed by atoms with Crippen LogP contribution in [0.3, 0.4) is 0 Å². The van der Waals surface area contributed by atoms with Crippen molar-refractivity contribution in [1.29, 1.82) is 0 Å². The molecule has 1 heterocycles. The minimum atomic E-state index is -0.531. The Bertz CT molecular complexity index is 846. The van der Waals surface area contributed by atoms with E-state index < -0.39 is 12.0 Å². The first-order valence-corrected chi connectivity index (χ1v) is 8.54. The van der Waals surface area contributed by atoms with Gasteiger partial charge in [0, 0.05) is 17.5 Å². The van der Waals surface area contributed by atoms with Crippen LogP contribution in [-0.4, -0.2) is 48.5 Å². The number of hydrogen-bond acceptors (Lipinski definition) is 7. The highest BCUT2D eigenvalue weighted by molar-refractivity contribution is 5.97. The molecule has 0 saturated heterocycles. The van der Waals surface area contributed by atoms with Crippen LogP contribution in [0.1, 0.15) is 39.9 Å². The summed E-state index contributed by atoms with van der Waals surface area (Å²) in [5.74, 6) is 0.519. The molecule has 2 aromatic rings. The summed E-state index contributed by atoms with van der Waals surface area (Å²) in [7, 11) is 2.93. The quantitative estimate of drug-likeness (QED) is 0.638. The van der Waals surface area contributed by atoms with Gasteiger partial charge in [-0.25, -0.2) is 0 Å². The van der Waals surface area contributed by atoms with Gasteiger partial charge in [-0.05, 0) is 29.8 Å². The SMILES string of the molecule is COc1cc([C@@H]2Oc3c(OC)cc(C(=O)CCO)cc3[C@H]2CO)ccc1O. The average molecular weight is 374 g/mol. The molecule has 3 rings (SSSR count). The topological polar surface area (TPSA) is 105 Å². The van der Waals surface area contributed by atoms with Crippen LogP contribution in [0.15, 0.2) is 30.3 Å². The molecule has 3 N–H and O–H groups in total. The molecule has 2 aromatic carbocycles. The highest BCUT2D eigenvalue weighted by Gasteiger charge is 2.38. The van der Waals surface area contributed by atoms with Crippen molar-refractivity contribution in [2.75, 3.05) is 27.4 Å². The highest BCUT2D eigenvalue weighted by Crippen LogP contribution is 2.51. The van der Waals surface area contributed by atoms with Crippen LogP contribution in [0.2, 0.25) is 0 Å². The zero-order valence-electron chi connectivity index (χ0n) is 15.1. The molecule has 0 aromatic heterocycles. The van der Waals surface area contributed by atoms with E-state index in [-0.39, 0.29) is 31.2 Å². The zero-order valence-corrected chi connectivity index (χ0v) is 15.1. The van der Waals surface area contributed by atoms with Crippen LogP contribution in [0.4, 0.5) is 0 Å². The molecule has 0 radical (unpaired) electrons. The molecular formula is C20H22O7. The van der Waals surface area contributed by atoms with Crippen LogP contribution in [0.5, 0.6) is 23.0 Å². The number of ether oxygens (including phenoxy) is 3. The van der Waals surface area contributed by atoms with Gasteiger partial charge in [-0.15, -0.1) is 0 Å². The van der Waals surface area contributed by atoms with Crippen LogP contribution >= 0.6 is 0 Å². The van der Waals surface area contributed by atoms with Gasteiger partial charge in [0.2, 0.25) is 0 Å². The number of carbonyl (C=O) groups is 1. The zero-order chi connectivity index (χ0) is 19.6. The monoisotopic (exact) mass is 374 g/mol. The summed E-state index contributed by atoms with van der Waals surface area (Å²) < 4.78 is 16.6. The molecule has 1 aliphatic heterocycles. The largest absolute Gasteiger partial charge is 0.504 e. The number of methoxy groups -OCH3 is 2. The summed E-state index contributed by atoms with van der Waals surface area (Å²) in [4.78, 5) is 12.2. The Morgan fingerprint density at radius 2 is 1.85 bits per heavy atom. The molecule has 0 bridgehead atoms. The predicted molar refractivity (Wildman–Crippen MR) is 96.9 cm³/mol. The lowest BCUT2D eigenvalue weighted by molar-refractivity contribution is 0.0956. The average Bonchev–Trinajstić information content (AvgIpc) is 3.06. The van der Waals surface area contributed by atoms with Gasteiger partial charge in [0.25, 0.3) is 0 Å². The molecule has 7 nitrogen and oxygen atoms in total. The lowest BCUT2D eigenvalue weighted by Gasteiger charge is -2.18. The maximum absolute atomic E-state index is 12.2. The number of aromatic hydroxyl groups is 1. The third-order valence-electron chi connectivity index (χ3n) is 4.70. The standard InChI is InChI=1S/C20H22O7/c1-25-17-8-11(3-4-16(17)24)19-14(10-22)13-7-12(15(23)5-6-21)9-18(26-2)20(13)27-19/h3-4,7-9,14,19,21-22,24H,5-6,10H2,1-2H3/t14-,19+/m1/s1. The summed E-state index contributed by atoms with van der Waals surface area (Å²) in [6.45, 7) is -0.449. The van der Waals surface area contributed by atoms with E-state index in [2.05, 4.69) is 0 Å². The van der Waals surface area contributed by atoms with Crippen molar-refractivity contribution < 1.29 is 34.3 Å². The number of phenols is 1. The number of aliphatic hydroxyl groups is 2. The minimum absolute atomic E-state index is 0.00514. The fraction of sp³-hybridized carbons (Fsp3) is 0.350. The van der Waals surface area contributed by atoms with E-state index >= 15 is 0 Å². The van der Waals surface area contributed by atoms with E-state index in [1.165, 1.54) is 20.3 Å². The van der Waals surface area contributed by atoms with Crippen LogP contribution < -0.4 is 14.2 Å². The first kappa shape index (κ1) is 19.0. The molecule has 144 valence electrons. The van der Waals surface area contributed by atoms with Crippen LogP contribution in [-0.2, 0) is 0 Å². The first-order valence-electron chi connectivity index (χ1n) is 8.54. The fourth-order valence-electron chi connectivity index (χ4n) is 3.32. The van der Waals surface area contributed by atoms with E-state index in [4.69, 9.17) is 19.3 Å². The van der Waals surface area contributed by atoms with E-state index in [1.54, 1.807) is 24.3 Å². The first-order chi connectivity index (χ1) is 13.0. The minimum Gasteiger partial charge on any atom is -0.504 e. The van der Waals surface area contributed by atoms with Gasteiger partial charge in [-0.1, -0.05) is 6.07 Å². The van der Waals surface area contributed by atoms with Crippen molar-refractivity contribution >= 4 is 5.78 Å². The third-order valence-corrected chi connectivity index (χ3v) is 4.70. The van der Waals surface area contributed by atoms with Crippen molar-refractivity contribution in [3.63, 3.8) is 0 Å². The van der Waals surface area contributed by atoms with E-state index in [0.717, 1.165) is 0 Å². The summed E-state index contributed by atoms with van der Waals surface area (Å²) >= 11 is 0.